The summed E-state index contributed by atoms with van der Waals surface area (Å²) in [5, 5.41) is 6.46. The van der Waals surface area contributed by atoms with Crippen LogP contribution in [0.2, 0.25) is 0 Å². The van der Waals surface area contributed by atoms with Gasteiger partial charge in [0.25, 0.3) is 0 Å². The molecule has 3 heteroatoms. The molecule has 1 aromatic carbocycles. The molecule has 1 saturated carbocycles. The Kier molecular flexibility index (Phi) is 4.43. The van der Waals surface area contributed by atoms with Gasteiger partial charge in [0.15, 0.2) is 0 Å². The third-order valence-electron chi connectivity index (χ3n) is 5.23. The van der Waals surface area contributed by atoms with E-state index in [0.29, 0.717) is 0 Å². The maximum Gasteiger partial charge on any atom is 0.228 e. The van der Waals surface area contributed by atoms with E-state index in [0.717, 1.165) is 25.2 Å². The van der Waals surface area contributed by atoms with Crippen LogP contribution >= 0.6 is 0 Å². The summed E-state index contributed by atoms with van der Waals surface area (Å²) < 4.78 is 0. The monoisotopic (exact) mass is 288 g/mol. The van der Waals surface area contributed by atoms with Crippen molar-refractivity contribution in [1.82, 2.24) is 5.32 Å². The zero-order valence-corrected chi connectivity index (χ0v) is 13.9. The Morgan fingerprint density at radius 2 is 1.86 bits per heavy atom. The van der Waals surface area contributed by atoms with Gasteiger partial charge in [0.05, 0.1) is 0 Å². The van der Waals surface area contributed by atoms with E-state index in [1.54, 1.807) is 0 Å². The summed E-state index contributed by atoms with van der Waals surface area (Å²) in [7, 11) is 0. The molecule has 1 aromatic rings. The average molecular weight is 288 g/mol. The number of benzene rings is 1. The summed E-state index contributed by atoms with van der Waals surface area (Å²) in [5.74, 6) is 0.232. The van der Waals surface area contributed by atoms with E-state index in [9.17, 15) is 4.79 Å². The number of anilines is 1. The van der Waals surface area contributed by atoms with Crippen LogP contribution in [0.4, 0.5) is 5.69 Å². The Bertz CT molecular complexity index is 506. The van der Waals surface area contributed by atoms with Gasteiger partial charge < -0.3 is 10.6 Å². The molecule has 1 fully saturated rings. The fourth-order valence-corrected chi connectivity index (χ4v) is 3.23. The number of hydrogen-bond donors (Lipinski definition) is 2. The molecule has 21 heavy (non-hydrogen) atoms. The van der Waals surface area contributed by atoms with E-state index in [-0.39, 0.29) is 22.7 Å². The van der Waals surface area contributed by atoms with Crippen LogP contribution in [0.25, 0.3) is 0 Å². The minimum absolute atomic E-state index is 0.0807. The Morgan fingerprint density at radius 3 is 2.43 bits per heavy atom. The van der Waals surface area contributed by atoms with Crippen LogP contribution in [0.15, 0.2) is 24.3 Å². The van der Waals surface area contributed by atoms with Crippen LogP contribution in [0, 0.1) is 16.7 Å². The van der Waals surface area contributed by atoms with E-state index in [2.05, 4.69) is 57.4 Å². The first kappa shape index (κ1) is 16.0. The molecule has 2 rings (SSSR count). The van der Waals surface area contributed by atoms with Gasteiger partial charge in [-0.15, -0.1) is 0 Å². The normalized spacial score (nSPS) is 19.3. The first-order valence-electron chi connectivity index (χ1n) is 7.91. The second-order valence-electron chi connectivity index (χ2n) is 7.24. The Balaban J connectivity index is 1.97. The predicted octanol–water partition coefficient (Wildman–Crippen LogP) is 3.81. The quantitative estimate of drug-likeness (QED) is 0.782. The van der Waals surface area contributed by atoms with Gasteiger partial charge >= 0.3 is 0 Å². The maximum atomic E-state index is 12.5. The third-order valence-corrected chi connectivity index (χ3v) is 5.23. The lowest BCUT2D eigenvalue weighted by Crippen LogP contribution is -2.18. The van der Waals surface area contributed by atoms with Crippen molar-refractivity contribution in [2.24, 2.45) is 16.7 Å². The van der Waals surface area contributed by atoms with Gasteiger partial charge in [0, 0.05) is 18.2 Å². The molecule has 0 aliphatic heterocycles. The number of nitrogens with one attached hydrogen (secondary N) is 2. The minimum Gasteiger partial charge on any atom is -0.326 e. The molecule has 0 aromatic heterocycles. The lowest BCUT2D eigenvalue weighted by atomic mass is 10.0. The van der Waals surface area contributed by atoms with Crippen LogP contribution in [0.5, 0.6) is 0 Å². The number of rotatable bonds is 6. The van der Waals surface area contributed by atoms with Gasteiger partial charge in [-0.3, -0.25) is 4.79 Å². The average Bonchev–Trinajstić information content (AvgIpc) is 2.80. The SMILES string of the molecule is CCCNCc1cccc(NC(=O)C2C(C)(C)C2(C)C)c1. The fraction of sp³-hybridized carbons (Fsp3) is 0.611. The molecule has 0 radical (unpaired) electrons. The second-order valence-corrected chi connectivity index (χ2v) is 7.24. The van der Waals surface area contributed by atoms with Gasteiger partial charge in [-0.25, -0.2) is 0 Å². The van der Waals surface area contributed by atoms with Crippen LogP contribution in [-0.4, -0.2) is 12.5 Å². The molecule has 1 aliphatic carbocycles. The molecule has 0 spiro atoms. The molecule has 0 heterocycles. The minimum atomic E-state index is 0.0807. The van der Waals surface area contributed by atoms with Crippen molar-refractivity contribution in [3.8, 4) is 0 Å². The highest BCUT2D eigenvalue weighted by Crippen LogP contribution is 2.68. The van der Waals surface area contributed by atoms with Crippen molar-refractivity contribution in [2.75, 3.05) is 11.9 Å². The predicted molar refractivity (Wildman–Crippen MR) is 88.1 cm³/mol. The first-order valence-corrected chi connectivity index (χ1v) is 7.91. The zero-order chi connectivity index (χ0) is 15.7. The van der Waals surface area contributed by atoms with Gasteiger partial charge in [-0.05, 0) is 41.5 Å². The van der Waals surface area contributed by atoms with Crippen molar-refractivity contribution in [3.63, 3.8) is 0 Å². The van der Waals surface area contributed by atoms with Gasteiger partial charge in [0.1, 0.15) is 0 Å². The largest absolute Gasteiger partial charge is 0.326 e. The van der Waals surface area contributed by atoms with Gasteiger partial charge in [-0.2, -0.15) is 0 Å². The third kappa shape index (κ3) is 3.13. The van der Waals surface area contributed by atoms with Crippen LogP contribution in [0.1, 0.15) is 46.6 Å². The highest BCUT2D eigenvalue weighted by molar-refractivity contribution is 5.96. The lowest BCUT2D eigenvalue weighted by molar-refractivity contribution is -0.118. The fourth-order valence-electron chi connectivity index (χ4n) is 3.23. The molecule has 0 atom stereocenters. The standard InChI is InChI=1S/C18H28N2O/c1-6-10-19-12-13-8-7-9-14(11-13)20-16(21)15-17(2,3)18(15,4)5/h7-9,11,15,19H,6,10,12H2,1-5H3,(H,20,21). The van der Waals surface area contributed by atoms with Gasteiger partial charge in [-0.1, -0.05) is 46.8 Å². The van der Waals surface area contributed by atoms with E-state index in [1.165, 1.54) is 5.56 Å². The van der Waals surface area contributed by atoms with Crippen molar-refractivity contribution in [2.45, 2.75) is 47.6 Å². The molecule has 0 unspecified atom stereocenters. The first-order chi connectivity index (χ1) is 9.80. The highest BCUT2D eigenvalue weighted by atomic mass is 16.2. The number of carbonyl (C=O) groups excluding carboxylic acids is 1. The van der Waals surface area contributed by atoms with E-state index >= 15 is 0 Å². The van der Waals surface area contributed by atoms with E-state index in [4.69, 9.17) is 0 Å². The van der Waals surface area contributed by atoms with Crippen molar-refractivity contribution < 1.29 is 4.79 Å². The Labute approximate surface area is 128 Å². The zero-order valence-electron chi connectivity index (χ0n) is 13.9. The molecule has 0 saturated heterocycles. The smallest absolute Gasteiger partial charge is 0.228 e. The number of carbonyl (C=O) groups is 1. The highest BCUT2D eigenvalue weighted by Gasteiger charge is 2.68. The van der Waals surface area contributed by atoms with Crippen molar-refractivity contribution in [3.05, 3.63) is 29.8 Å². The second kappa shape index (κ2) is 5.80. The molecular formula is C18H28N2O. The van der Waals surface area contributed by atoms with Crippen molar-refractivity contribution in [1.29, 1.82) is 0 Å². The summed E-state index contributed by atoms with van der Waals surface area (Å²) in [6, 6.07) is 8.11. The molecule has 0 bridgehead atoms. The maximum absolute atomic E-state index is 12.5. The van der Waals surface area contributed by atoms with E-state index in [1.807, 2.05) is 12.1 Å². The summed E-state index contributed by atoms with van der Waals surface area (Å²) in [6.45, 7) is 12.7. The molecule has 2 N–H and O–H groups in total. The molecule has 3 nitrogen and oxygen atoms in total. The van der Waals surface area contributed by atoms with Crippen LogP contribution in [-0.2, 0) is 11.3 Å². The number of hydrogen-bond acceptors (Lipinski definition) is 2. The number of amides is 1. The van der Waals surface area contributed by atoms with Crippen LogP contribution in [0.3, 0.4) is 0 Å². The van der Waals surface area contributed by atoms with Crippen LogP contribution < -0.4 is 10.6 Å². The summed E-state index contributed by atoms with van der Waals surface area (Å²) >= 11 is 0. The summed E-state index contributed by atoms with van der Waals surface area (Å²) in [4.78, 5) is 12.5. The van der Waals surface area contributed by atoms with Crippen molar-refractivity contribution >= 4 is 11.6 Å². The van der Waals surface area contributed by atoms with Gasteiger partial charge in [0.2, 0.25) is 5.91 Å². The Hall–Kier alpha value is -1.35. The molecule has 116 valence electrons. The Morgan fingerprint density at radius 1 is 1.19 bits per heavy atom. The summed E-state index contributed by atoms with van der Waals surface area (Å²) in [5.41, 5.74) is 2.26. The lowest BCUT2D eigenvalue weighted by Gasteiger charge is -2.09. The molecule has 1 amide bonds. The summed E-state index contributed by atoms with van der Waals surface area (Å²) in [6.07, 6.45) is 1.13. The van der Waals surface area contributed by atoms with E-state index < -0.39 is 0 Å². The molecule has 1 aliphatic rings. The molecular weight excluding hydrogens is 260 g/mol. The topological polar surface area (TPSA) is 41.1 Å².